The first kappa shape index (κ1) is 9.46. The molecule has 12 heavy (non-hydrogen) atoms. The van der Waals surface area contributed by atoms with Crippen LogP contribution in [0.25, 0.3) is 0 Å². The fourth-order valence-corrected chi connectivity index (χ4v) is 1.42. The summed E-state index contributed by atoms with van der Waals surface area (Å²) in [4.78, 5) is 11.4. The third kappa shape index (κ3) is 2.18. The summed E-state index contributed by atoms with van der Waals surface area (Å²) in [6, 6.07) is 0. The molecule has 2 atom stereocenters. The Kier molecular flexibility index (Phi) is 3.04. The molecule has 0 amide bonds. The number of Topliss-reactive ketones (excluding diaryl/α,β-unsaturated/α-hetero) is 1. The number of carbonyl (C=O) groups is 1. The second-order valence-corrected chi connectivity index (χ2v) is 3.63. The maximum Gasteiger partial charge on any atom is 0.186 e. The van der Waals surface area contributed by atoms with Crippen LogP contribution in [0.2, 0.25) is 0 Å². The number of hydrogen-bond donors (Lipinski definition) is 0. The van der Waals surface area contributed by atoms with E-state index >= 15 is 0 Å². The van der Waals surface area contributed by atoms with E-state index in [1.807, 2.05) is 0 Å². The van der Waals surface area contributed by atoms with Crippen molar-refractivity contribution >= 4 is 5.78 Å². The van der Waals surface area contributed by atoms with Crippen LogP contribution in [0.5, 0.6) is 0 Å². The summed E-state index contributed by atoms with van der Waals surface area (Å²) in [6.07, 6.45) is 1.71. The fraction of sp³-hybridized carbons (Fsp3) is 0.700. The van der Waals surface area contributed by atoms with Gasteiger partial charge >= 0.3 is 0 Å². The van der Waals surface area contributed by atoms with Gasteiger partial charge in [0.05, 0.1) is 0 Å². The van der Waals surface area contributed by atoms with Crippen molar-refractivity contribution in [3.8, 4) is 0 Å². The number of carbonyl (C=O) groups excluding carboxylic acids is 1. The van der Waals surface area contributed by atoms with E-state index in [1.54, 1.807) is 6.92 Å². The van der Waals surface area contributed by atoms with Gasteiger partial charge in [-0.15, -0.1) is 0 Å². The molecule has 1 fully saturated rings. The van der Waals surface area contributed by atoms with Crippen molar-refractivity contribution in [2.24, 2.45) is 5.92 Å². The molecule has 0 radical (unpaired) electrons. The van der Waals surface area contributed by atoms with Crippen molar-refractivity contribution in [1.29, 1.82) is 0 Å². The molecule has 1 aliphatic heterocycles. The lowest BCUT2D eigenvalue weighted by Gasteiger charge is -2.26. The van der Waals surface area contributed by atoms with Crippen molar-refractivity contribution in [1.82, 2.24) is 0 Å². The highest BCUT2D eigenvalue weighted by molar-refractivity contribution is 5.97. The lowest BCUT2D eigenvalue weighted by atomic mass is 9.94. The first-order valence-corrected chi connectivity index (χ1v) is 4.42. The van der Waals surface area contributed by atoms with Gasteiger partial charge in [0.15, 0.2) is 5.78 Å². The molecule has 0 N–H and O–H groups in total. The number of rotatable bonds is 2. The SMILES string of the molecule is C=C(C)C(=O)[C@H]1C[C@@H](C)CCO1. The van der Waals surface area contributed by atoms with Crippen LogP contribution < -0.4 is 0 Å². The van der Waals surface area contributed by atoms with Crippen LogP contribution in [0.15, 0.2) is 12.2 Å². The van der Waals surface area contributed by atoms with Crippen molar-refractivity contribution in [2.75, 3.05) is 6.61 Å². The van der Waals surface area contributed by atoms with Crippen LogP contribution in [0, 0.1) is 5.92 Å². The summed E-state index contributed by atoms with van der Waals surface area (Å²) in [5.41, 5.74) is 0.606. The molecular weight excluding hydrogens is 152 g/mol. The third-order valence-corrected chi connectivity index (χ3v) is 2.26. The second kappa shape index (κ2) is 3.85. The van der Waals surface area contributed by atoms with E-state index in [4.69, 9.17) is 4.74 Å². The van der Waals surface area contributed by atoms with Gasteiger partial charge < -0.3 is 4.74 Å². The summed E-state index contributed by atoms with van der Waals surface area (Å²) in [5.74, 6) is 0.675. The van der Waals surface area contributed by atoms with Gasteiger partial charge in [-0.1, -0.05) is 13.5 Å². The van der Waals surface area contributed by atoms with Gasteiger partial charge in [-0.3, -0.25) is 4.79 Å². The first-order valence-electron chi connectivity index (χ1n) is 4.42. The second-order valence-electron chi connectivity index (χ2n) is 3.63. The fourth-order valence-electron chi connectivity index (χ4n) is 1.42. The molecule has 68 valence electrons. The summed E-state index contributed by atoms with van der Waals surface area (Å²) >= 11 is 0. The topological polar surface area (TPSA) is 26.3 Å². The van der Waals surface area contributed by atoms with Crippen LogP contribution in [-0.2, 0) is 9.53 Å². The van der Waals surface area contributed by atoms with E-state index in [0.717, 1.165) is 12.8 Å². The van der Waals surface area contributed by atoms with E-state index in [9.17, 15) is 4.79 Å². The summed E-state index contributed by atoms with van der Waals surface area (Å²) in [5, 5.41) is 0. The van der Waals surface area contributed by atoms with Gasteiger partial charge in [-0.2, -0.15) is 0 Å². The molecule has 1 heterocycles. The van der Waals surface area contributed by atoms with E-state index in [1.165, 1.54) is 0 Å². The Morgan fingerprint density at radius 3 is 2.75 bits per heavy atom. The number of hydrogen-bond acceptors (Lipinski definition) is 2. The zero-order valence-corrected chi connectivity index (χ0v) is 7.80. The molecule has 1 aliphatic rings. The molecule has 2 heteroatoms. The Labute approximate surface area is 73.6 Å². The predicted molar refractivity (Wildman–Crippen MR) is 48.0 cm³/mol. The third-order valence-electron chi connectivity index (χ3n) is 2.26. The van der Waals surface area contributed by atoms with E-state index in [0.29, 0.717) is 18.1 Å². The molecule has 0 bridgehead atoms. The molecule has 0 unspecified atom stereocenters. The largest absolute Gasteiger partial charge is 0.370 e. The van der Waals surface area contributed by atoms with E-state index in [2.05, 4.69) is 13.5 Å². The van der Waals surface area contributed by atoms with Crippen molar-refractivity contribution in [2.45, 2.75) is 32.8 Å². The molecule has 0 aromatic rings. The Morgan fingerprint density at radius 1 is 1.58 bits per heavy atom. The smallest absolute Gasteiger partial charge is 0.186 e. The highest BCUT2D eigenvalue weighted by Crippen LogP contribution is 2.21. The summed E-state index contributed by atoms with van der Waals surface area (Å²) < 4.78 is 5.36. The van der Waals surface area contributed by atoms with Crippen LogP contribution in [-0.4, -0.2) is 18.5 Å². The van der Waals surface area contributed by atoms with E-state index < -0.39 is 0 Å². The first-order chi connectivity index (χ1) is 5.61. The Bertz CT molecular complexity index is 196. The Balaban J connectivity index is 2.51. The van der Waals surface area contributed by atoms with Crippen LogP contribution in [0.3, 0.4) is 0 Å². The predicted octanol–water partition coefficient (Wildman–Crippen LogP) is 1.95. The molecule has 0 aromatic heterocycles. The van der Waals surface area contributed by atoms with Crippen LogP contribution >= 0.6 is 0 Å². The standard InChI is InChI=1S/C10H16O2/c1-7(2)10(11)9-6-8(3)4-5-12-9/h8-9H,1,4-6H2,2-3H3/t8-,9+/m0/s1. The molecule has 2 nitrogen and oxygen atoms in total. The van der Waals surface area contributed by atoms with E-state index in [-0.39, 0.29) is 11.9 Å². The minimum atomic E-state index is -0.216. The number of ether oxygens (including phenoxy) is 1. The van der Waals surface area contributed by atoms with Gasteiger partial charge in [0.25, 0.3) is 0 Å². The quantitative estimate of drug-likeness (QED) is 0.589. The molecule has 0 aromatic carbocycles. The lowest BCUT2D eigenvalue weighted by Crippen LogP contribution is -2.31. The molecule has 0 saturated carbocycles. The maximum absolute atomic E-state index is 11.4. The number of ketones is 1. The maximum atomic E-state index is 11.4. The summed E-state index contributed by atoms with van der Waals surface area (Å²) in [7, 11) is 0. The molecule has 0 spiro atoms. The summed E-state index contributed by atoms with van der Waals surface area (Å²) in [6.45, 7) is 8.23. The monoisotopic (exact) mass is 168 g/mol. The van der Waals surface area contributed by atoms with Crippen molar-refractivity contribution in [3.05, 3.63) is 12.2 Å². The Morgan fingerprint density at radius 2 is 2.25 bits per heavy atom. The minimum Gasteiger partial charge on any atom is -0.370 e. The average Bonchev–Trinajstić information content (AvgIpc) is 2.03. The zero-order chi connectivity index (χ0) is 9.14. The highest BCUT2D eigenvalue weighted by atomic mass is 16.5. The highest BCUT2D eigenvalue weighted by Gasteiger charge is 2.25. The molecule has 1 rings (SSSR count). The molecular formula is C10H16O2. The average molecular weight is 168 g/mol. The lowest BCUT2D eigenvalue weighted by molar-refractivity contribution is -0.130. The van der Waals surface area contributed by atoms with Gasteiger partial charge in [-0.25, -0.2) is 0 Å². The minimum absolute atomic E-state index is 0.0709. The zero-order valence-electron chi connectivity index (χ0n) is 7.80. The van der Waals surface area contributed by atoms with Crippen molar-refractivity contribution < 1.29 is 9.53 Å². The van der Waals surface area contributed by atoms with Crippen LogP contribution in [0.1, 0.15) is 26.7 Å². The van der Waals surface area contributed by atoms with Gasteiger partial charge in [0.2, 0.25) is 0 Å². The van der Waals surface area contributed by atoms with Crippen molar-refractivity contribution in [3.63, 3.8) is 0 Å². The van der Waals surface area contributed by atoms with Gasteiger partial charge in [0.1, 0.15) is 6.10 Å². The molecule has 1 saturated heterocycles. The van der Waals surface area contributed by atoms with Gasteiger partial charge in [-0.05, 0) is 31.3 Å². The molecule has 0 aliphatic carbocycles. The Hall–Kier alpha value is -0.630. The van der Waals surface area contributed by atoms with Gasteiger partial charge in [0, 0.05) is 6.61 Å². The normalized spacial score (nSPS) is 29.8. The van der Waals surface area contributed by atoms with Crippen LogP contribution in [0.4, 0.5) is 0 Å².